The van der Waals surface area contributed by atoms with Gasteiger partial charge in [0, 0.05) is 19.6 Å². The number of rotatable bonds is 2. The lowest BCUT2D eigenvalue weighted by molar-refractivity contribution is -0.0238. The highest BCUT2D eigenvalue weighted by molar-refractivity contribution is 4.91. The lowest BCUT2D eigenvalue weighted by Gasteiger charge is -2.35. The van der Waals surface area contributed by atoms with Crippen LogP contribution in [0.25, 0.3) is 0 Å². The van der Waals surface area contributed by atoms with Crippen molar-refractivity contribution in [3.63, 3.8) is 0 Å². The molecule has 88 valence electrons. The number of β-amino-alcohol motifs (C(OH)–C–C–N with tert-alkyl or cyclic N) is 3. The van der Waals surface area contributed by atoms with Crippen LogP contribution in [0.1, 0.15) is 32.1 Å². The maximum absolute atomic E-state index is 10.3. The zero-order valence-electron chi connectivity index (χ0n) is 9.10. The topological polar surface area (TPSA) is 63.9 Å². The molecule has 1 saturated carbocycles. The molecule has 1 saturated heterocycles. The summed E-state index contributed by atoms with van der Waals surface area (Å²) in [5, 5.41) is 29.1. The van der Waals surface area contributed by atoms with Crippen molar-refractivity contribution in [1.29, 1.82) is 0 Å². The van der Waals surface area contributed by atoms with Gasteiger partial charge in [-0.3, -0.25) is 4.90 Å². The first-order valence-electron chi connectivity index (χ1n) is 5.90. The largest absolute Gasteiger partial charge is 0.389 e. The first kappa shape index (κ1) is 11.3. The molecule has 1 aliphatic carbocycles. The second-order valence-corrected chi connectivity index (χ2v) is 5.11. The Hall–Kier alpha value is -0.160. The second-order valence-electron chi connectivity index (χ2n) is 5.11. The van der Waals surface area contributed by atoms with E-state index in [1.807, 2.05) is 4.90 Å². The quantitative estimate of drug-likeness (QED) is 0.593. The molecule has 15 heavy (non-hydrogen) atoms. The average Bonchev–Trinajstić information content (AvgIpc) is 2.46. The summed E-state index contributed by atoms with van der Waals surface area (Å²) in [6.45, 7) is 1.58. The fourth-order valence-electron chi connectivity index (χ4n) is 2.76. The summed E-state index contributed by atoms with van der Waals surface area (Å²) in [7, 11) is 0. The lowest BCUT2D eigenvalue weighted by Crippen LogP contribution is -2.44. The van der Waals surface area contributed by atoms with Crippen LogP contribution in [0.5, 0.6) is 0 Å². The van der Waals surface area contributed by atoms with Crippen molar-refractivity contribution in [1.82, 2.24) is 4.90 Å². The Kier molecular flexibility index (Phi) is 3.30. The summed E-state index contributed by atoms with van der Waals surface area (Å²) in [6, 6.07) is 0. The van der Waals surface area contributed by atoms with E-state index in [4.69, 9.17) is 0 Å². The van der Waals surface area contributed by atoms with E-state index in [9.17, 15) is 15.3 Å². The van der Waals surface area contributed by atoms with E-state index in [2.05, 4.69) is 0 Å². The Bertz CT molecular complexity index is 206. The van der Waals surface area contributed by atoms with Crippen molar-refractivity contribution in [2.24, 2.45) is 0 Å². The molecular weight excluding hydrogens is 194 g/mol. The molecule has 2 fully saturated rings. The minimum Gasteiger partial charge on any atom is -0.389 e. The Morgan fingerprint density at radius 1 is 1.00 bits per heavy atom. The predicted molar refractivity (Wildman–Crippen MR) is 56.5 cm³/mol. The molecule has 0 aromatic carbocycles. The molecule has 2 aliphatic rings. The summed E-state index contributed by atoms with van der Waals surface area (Å²) >= 11 is 0. The zero-order chi connectivity index (χ0) is 10.9. The van der Waals surface area contributed by atoms with Crippen LogP contribution in [0.15, 0.2) is 0 Å². The van der Waals surface area contributed by atoms with Crippen LogP contribution in [0.4, 0.5) is 0 Å². The zero-order valence-corrected chi connectivity index (χ0v) is 9.10. The Labute approximate surface area is 90.5 Å². The third-order valence-electron chi connectivity index (χ3n) is 3.64. The van der Waals surface area contributed by atoms with E-state index in [0.29, 0.717) is 19.6 Å². The van der Waals surface area contributed by atoms with Crippen molar-refractivity contribution in [3.05, 3.63) is 0 Å². The molecular formula is C11H21NO3. The standard InChI is InChI=1S/C11H21NO3/c13-9-6-12(7-10(9)14)8-11(15)4-2-1-3-5-11/h9-10,13-15H,1-8H2. The van der Waals surface area contributed by atoms with Gasteiger partial charge in [-0.1, -0.05) is 19.3 Å². The van der Waals surface area contributed by atoms with Gasteiger partial charge in [-0.05, 0) is 12.8 Å². The molecule has 1 aliphatic heterocycles. The van der Waals surface area contributed by atoms with Gasteiger partial charge in [0.2, 0.25) is 0 Å². The fourth-order valence-corrected chi connectivity index (χ4v) is 2.76. The molecule has 0 amide bonds. The Morgan fingerprint density at radius 3 is 2.07 bits per heavy atom. The van der Waals surface area contributed by atoms with Crippen molar-refractivity contribution in [2.75, 3.05) is 19.6 Å². The molecule has 2 atom stereocenters. The van der Waals surface area contributed by atoms with Crippen LogP contribution >= 0.6 is 0 Å². The molecule has 2 unspecified atom stereocenters. The number of nitrogens with zero attached hydrogens (tertiary/aromatic N) is 1. The normalized spacial score (nSPS) is 37.0. The van der Waals surface area contributed by atoms with Crippen molar-refractivity contribution in [3.8, 4) is 0 Å². The van der Waals surface area contributed by atoms with Gasteiger partial charge in [-0.15, -0.1) is 0 Å². The van der Waals surface area contributed by atoms with Crippen LogP contribution in [-0.4, -0.2) is 57.7 Å². The van der Waals surface area contributed by atoms with E-state index in [1.54, 1.807) is 0 Å². The van der Waals surface area contributed by atoms with E-state index in [1.165, 1.54) is 6.42 Å². The molecule has 0 aromatic rings. The molecule has 3 N–H and O–H groups in total. The molecule has 0 radical (unpaired) electrons. The van der Waals surface area contributed by atoms with Crippen LogP contribution in [0.2, 0.25) is 0 Å². The van der Waals surface area contributed by atoms with Gasteiger partial charge in [-0.25, -0.2) is 0 Å². The third kappa shape index (κ3) is 2.69. The van der Waals surface area contributed by atoms with E-state index >= 15 is 0 Å². The molecule has 4 nitrogen and oxygen atoms in total. The monoisotopic (exact) mass is 215 g/mol. The first-order chi connectivity index (χ1) is 7.09. The van der Waals surface area contributed by atoms with Gasteiger partial charge in [0.05, 0.1) is 17.8 Å². The van der Waals surface area contributed by atoms with Crippen molar-refractivity contribution < 1.29 is 15.3 Å². The molecule has 0 bridgehead atoms. The van der Waals surface area contributed by atoms with Crippen molar-refractivity contribution in [2.45, 2.75) is 49.9 Å². The molecule has 2 rings (SSSR count). The Balaban J connectivity index is 1.86. The highest BCUT2D eigenvalue weighted by atomic mass is 16.3. The van der Waals surface area contributed by atoms with Crippen LogP contribution in [-0.2, 0) is 0 Å². The maximum atomic E-state index is 10.3. The number of aliphatic hydroxyl groups excluding tert-OH is 2. The van der Waals surface area contributed by atoms with Crippen LogP contribution < -0.4 is 0 Å². The molecule has 4 heteroatoms. The highest BCUT2D eigenvalue weighted by Crippen LogP contribution is 2.29. The second kappa shape index (κ2) is 4.37. The van der Waals surface area contributed by atoms with Gasteiger partial charge in [0.25, 0.3) is 0 Å². The first-order valence-corrected chi connectivity index (χ1v) is 5.90. The number of aliphatic hydroxyl groups is 3. The summed E-state index contributed by atoms with van der Waals surface area (Å²) in [4.78, 5) is 1.97. The van der Waals surface area contributed by atoms with Crippen molar-refractivity contribution >= 4 is 0 Å². The summed E-state index contributed by atoms with van der Waals surface area (Å²) in [5.41, 5.74) is -0.581. The molecule has 1 heterocycles. The lowest BCUT2D eigenvalue weighted by atomic mass is 9.84. The van der Waals surface area contributed by atoms with Gasteiger partial charge < -0.3 is 15.3 Å². The molecule has 0 spiro atoms. The third-order valence-corrected chi connectivity index (χ3v) is 3.64. The number of hydrogen-bond donors (Lipinski definition) is 3. The minimum atomic E-state index is -0.641. The predicted octanol–water partition coefficient (Wildman–Crippen LogP) is -0.281. The minimum absolute atomic E-state index is 0.490. The number of hydrogen-bond acceptors (Lipinski definition) is 4. The van der Waals surface area contributed by atoms with Crippen LogP contribution in [0, 0.1) is 0 Å². The average molecular weight is 215 g/mol. The van der Waals surface area contributed by atoms with Gasteiger partial charge in [-0.2, -0.15) is 0 Å². The maximum Gasteiger partial charge on any atom is 0.0938 e. The number of likely N-dealkylation sites (tertiary alicyclic amines) is 1. The molecule has 0 aromatic heterocycles. The Morgan fingerprint density at radius 2 is 1.53 bits per heavy atom. The van der Waals surface area contributed by atoms with Gasteiger partial charge >= 0.3 is 0 Å². The van der Waals surface area contributed by atoms with Gasteiger partial charge in [0.15, 0.2) is 0 Å². The van der Waals surface area contributed by atoms with E-state index in [0.717, 1.165) is 25.7 Å². The SMILES string of the molecule is OC1CN(CC2(O)CCCCC2)CC1O. The summed E-state index contributed by atoms with van der Waals surface area (Å²) < 4.78 is 0. The summed E-state index contributed by atoms with van der Waals surface area (Å²) in [6.07, 6.45) is 3.83. The van der Waals surface area contributed by atoms with Gasteiger partial charge in [0.1, 0.15) is 0 Å². The smallest absolute Gasteiger partial charge is 0.0938 e. The van der Waals surface area contributed by atoms with E-state index < -0.39 is 17.8 Å². The van der Waals surface area contributed by atoms with Crippen LogP contribution in [0.3, 0.4) is 0 Å². The highest BCUT2D eigenvalue weighted by Gasteiger charge is 2.36. The fraction of sp³-hybridized carbons (Fsp3) is 1.00. The summed E-state index contributed by atoms with van der Waals surface area (Å²) in [5.74, 6) is 0. The van der Waals surface area contributed by atoms with E-state index in [-0.39, 0.29) is 0 Å².